The van der Waals surface area contributed by atoms with E-state index in [1.54, 1.807) is 13.8 Å². The zero-order valence-electron chi connectivity index (χ0n) is 11.8. The van der Waals surface area contributed by atoms with Gasteiger partial charge in [-0.25, -0.2) is 4.79 Å². The third-order valence-corrected chi connectivity index (χ3v) is 2.42. The van der Waals surface area contributed by atoms with Gasteiger partial charge in [0.05, 0.1) is 24.5 Å². The van der Waals surface area contributed by atoms with Gasteiger partial charge in [0.25, 0.3) is 0 Å². The van der Waals surface area contributed by atoms with E-state index < -0.39 is 29.3 Å². The summed E-state index contributed by atoms with van der Waals surface area (Å²) in [5, 5.41) is 10.6. The van der Waals surface area contributed by atoms with E-state index in [4.69, 9.17) is 14.6 Å². The Labute approximate surface area is 123 Å². The van der Waals surface area contributed by atoms with Crippen LogP contribution in [0.2, 0.25) is 0 Å². The summed E-state index contributed by atoms with van der Waals surface area (Å²) >= 11 is 0. The lowest BCUT2D eigenvalue weighted by Crippen LogP contribution is -2.30. The molecule has 0 radical (unpaired) electrons. The third-order valence-electron chi connectivity index (χ3n) is 2.42. The number of carbonyl (C=O) groups excluding carboxylic acids is 1. The van der Waals surface area contributed by atoms with Gasteiger partial charge in [0.15, 0.2) is 11.5 Å². The molecule has 9 heteroatoms. The molecule has 0 aliphatic rings. The molecule has 0 saturated carbocycles. The van der Waals surface area contributed by atoms with Crippen LogP contribution in [0.4, 0.5) is 18.9 Å². The van der Waals surface area contributed by atoms with Gasteiger partial charge in [-0.1, -0.05) is 0 Å². The molecule has 1 aromatic rings. The second kappa shape index (κ2) is 7.01. The van der Waals surface area contributed by atoms with E-state index in [9.17, 15) is 22.8 Å². The van der Waals surface area contributed by atoms with Crippen molar-refractivity contribution in [2.24, 2.45) is 0 Å². The molecule has 0 bridgehead atoms. The van der Waals surface area contributed by atoms with Gasteiger partial charge in [0, 0.05) is 12.1 Å². The number of carboxylic acids is 1. The van der Waals surface area contributed by atoms with E-state index in [-0.39, 0.29) is 24.7 Å². The quantitative estimate of drug-likeness (QED) is 0.841. The SMILES string of the molecule is CCOc1cc(NC(=O)C(F)(F)F)c(C(=O)O)cc1OCC. The molecule has 1 rings (SSSR count). The first kappa shape index (κ1) is 17.6. The van der Waals surface area contributed by atoms with Crippen LogP contribution in [0.3, 0.4) is 0 Å². The van der Waals surface area contributed by atoms with Crippen LogP contribution in [0.15, 0.2) is 12.1 Å². The highest BCUT2D eigenvalue weighted by Crippen LogP contribution is 2.34. The lowest BCUT2D eigenvalue weighted by Gasteiger charge is -2.16. The number of rotatable bonds is 6. The van der Waals surface area contributed by atoms with Crippen molar-refractivity contribution in [3.05, 3.63) is 17.7 Å². The predicted octanol–water partition coefficient (Wildman–Crippen LogP) is 2.68. The molecule has 2 N–H and O–H groups in total. The molecule has 0 aliphatic heterocycles. The third kappa shape index (κ3) is 4.27. The molecule has 0 atom stereocenters. The molecule has 0 aliphatic carbocycles. The Morgan fingerprint density at radius 1 is 1.14 bits per heavy atom. The van der Waals surface area contributed by atoms with Crippen molar-refractivity contribution in [3.63, 3.8) is 0 Å². The summed E-state index contributed by atoms with van der Waals surface area (Å²) in [5.74, 6) is -3.69. The maximum absolute atomic E-state index is 12.3. The van der Waals surface area contributed by atoms with E-state index in [2.05, 4.69) is 0 Å². The number of hydrogen-bond donors (Lipinski definition) is 2. The smallest absolute Gasteiger partial charge is 0.471 e. The van der Waals surface area contributed by atoms with Crippen molar-refractivity contribution in [2.75, 3.05) is 18.5 Å². The fourth-order valence-electron chi connectivity index (χ4n) is 1.57. The van der Waals surface area contributed by atoms with Crippen LogP contribution in [0.25, 0.3) is 0 Å². The lowest BCUT2D eigenvalue weighted by molar-refractivity contribution is -0.167. The summed E-state index contributed by atoms with van der Waals surface area (Å²) in [5.41, 5.74) is -1.06. The molecule has 6 nitrogen and oxygen atoms in total. The zero-order chi connectivity index (χ0) is 16.9. The summed E-state index contributed by atoms with van der Waals surface area (Å²) in [6, 6.07) is 1.99. The topological polar surface area (TPSA) is 84.9 Å². The maximum atomic E-state index is 12.3. The minimum Gasteiger partial charge on any atom is -0.490 e. The summed E-state index contributed by atoms with van der Waals surface area (Å²) in [6.07, 6.45) is -5.14. The molecule has 0 fully saturated rings. The summed E-state index contributed by atoms with van der Waals surface area (Å²) < 4.78 is 47.3. The van der Waals surface area contributed by atoms with Crippen LogP contribution < -0.4 is 14.8 Å². The maximum Gasteiger partial charge on any atom is 0.471 e. The number of halogens is 3. The number of hydrogen-bond acceptors (Lipinski definition) is 4. The second-order valence-electron chi connectivity index (χ2n) is 3.97. The normalized spacial score (nSPS) is 11.0. The first-order valence-electron chi connectivity index (χ1n) is 6.25. The Hall–Kier alpha value is -2.45. The molecule has 1 aromatic carbocycles. The highest BCUT2D eigenvalue weighted by atomic mass is 19.4. The summed E-state index contributed by atoms with van der Waals surface area (Å²) in [6.45, 7) is 3.66. The van der Waals surface area contributed by atoms with Gasteiger partial charge in [-0.15, -0.1) is 0 Å². The van der Waals surface area contributed by atoms with E-state index in [0.717, 1.165) is 12.1 Å². The Balaban J connectivity index is 3.31. The first-order chi connectivity index (χ1) is 10.2. The molecular formula is C13H14F3NO5. The van der Waals surface area contributed by atoms with Gasteiger partial charge in [-0.05, 0) is 13.8 Å². The monoisotopic (exact) mass is 321 g/mol. The minimum atomic E-state index is -5.14. The van der Waals surface area contributed by atoms with E-state index in [1.165, 1.54) is 5.32 Å². The molecule has 122 valence electrons. The van der Waals surface area contributed by atoms with Crippen LogP contribution in [0.5, 0.6) is 11.5 Å². The van der Waals surface area contributed by atoms with Crippen molar-refractivity contribution >= 4 is 17.6 Å². The fraction of sp³-hybridized carbons (Fsp3) is 0.385. The van der Waals surface area contributed by atoms with Crippen molar-refractivity contribution in [2.45, 2.75) is 20.0 Å². The average molecular weight is 321 g/mol. The minimum absolute atomic E-state index is 0.0341. The van der Waals surface area contributed by atoms with Crippen LogP contribution in [0.1, 0.15) is 24.2 Å². The molecule has 22 heavy (non-hydrogen) atoms. The van der Waals surface area contributed by atoms with Gasteiger partial charge in [0.2, 0.25) is 0 Å². The first-order valence-corrected chi connectivity index (χ1v) is 6.25. The Kier molecular flexibility index (Phi) is 5.61. The zero-order valence-corrected chi connectivity index (χ0v) is 11.8. The summed E-state index contributed by atoms with van der Waals surface area (Å²) in [4.78, 5) is 22.1. The Bertz CT molecular complexity index is 572. The van der Waals surface area contributed by atoms with Gasteiger partial charge in [-0.2, -0.15) is 13.2 Å². The largest absolute Gasteiger partial charge is 0.490 e. The standard InChI is InChI=1S/C13H14F3NO5/c1-3-21-9-5-7(11(18)19)8(6-10(9)22-4-2)17-12(20)13(14,15)16/h5-6H,3-4H2,1-2H3,(H,17,20)(H,18,19). The fourth-order valence-corrected chi connectivity index (χ4v) is 1.57. The van der Waals surface area contributed by atoms with Gasteiger partial charge >= 0.3 is 18.1 Å². The number of aromatic carboxylic acids is 1. The molecular weight excluding hydrogens is 307 g/mol. The Morgan fingerprint density at radius 2 is 1.64 bits per heavy atom. The Morgan fingerprint density at radius 3 is 2.05 bits per heavy atom. The van der Waals surface area contributed by atoms with E-state index >= 15 is 0 Å². The van der Waals surface area contributed by atoms with Crippen molar-refractivity contribution in [3.8, 4) is 11.5 Å². The van der Waals surface area contributed by atoms with Crippen LogP contribution in [0, 0.1) is 0 Å². The average Bonchev–Trinajstić information content (AvgIpc) is 2.40. The van der Waals surface area contributed by atoms with Crippen molar-refractivity contribution < 1.29 is 37.3 Å². The number of nitrogens with one attached hydrogen (secondary N) is 1. The highest BCUT2D eigenvalue weighted by molar-refractivity contribution is 6.03. The molecule has 0 spiro atoms. The molecule has 1 amide bonds. The summed E-state index contributed by atoms with van der Waals surface area (Å²) in [7, 11) is 0. The van der Waals surface area contributed by atoms with Gasteiger partial charge < -0.3 is 19.9 Å². The van der Waals surface area contributed by atoms with Crippen LogP contribution in [-0.4, -0.2) is 36.4 Å². The molecule has 0 saturated heterocycles. The molecule has 0 heterocycles. The number of alkyl halides is 3. The number of carboxylic acid groups (broad SMARTS) is 1. The number of amides is 1. The number of anilines is 1. The van der Waals surface area contributed by atoms with Crippen molar-refractivity contribution in [1.82, 2.24) is 0 Å². The number of benzene rings is 1. The lowest BCUT2D eigenvalue weighted by atomic mass is 10.1. The highest BCUT2D eigenvalue weighted by Gasteiger charge is 2.39. The van der Waals surface area contributed by atoms with E-state index in [1.807, 2.05) is 0 Å². The predicted molar refractivity (Wildman–Crippen MR) is 70.4 cm³/mol. The second-order valence-corrected chi connectivity index (χ2v) is 3.97. The molecule has 0 unspecified atom stereocenters. The van der Waals surface area contributed by atoms with Gasteiger partial charge in [-0.3, -0.25) is 4.79 Å². The number of ether oxygens (including phenoxy) is 2. The van der Waals surface area contributed by atoms with E-state index in [0.29, 0.717) is 0 Å². The molecule has 0 aromatic heterocycles. The number of carbonyl (C=O) groups is 2. The van der Waals surface area contributed by atoms with Crippen LogP contribution in [-0.2, 0) is 4.79 Å². The van der Waals surface area contributed by atoms with Crippen LogP contribution >= 0.6 is 0 Å². The van der Waals surface area contributed by atoms with Crippen molar-refractivity contribution in [1.29, 1.82) is 0 Å². The van der Waals surface area contributed by atoms with Gasteiger partial charge in [0.1, 0.15) is 0 Å².